The number of nitrogens with one attached hydrogen (secondary N) is 2. The fourth-order valence-corrected chi connectivity index (χ4v) is 2.80. The smallest absolute Gasteiger partial charge is 0.191 e. The molecular weight excluding hydrogens is 288 g/mol. The van der Waals surface area contributed by atoms with Crippen molar-refractivity contribution in [1.29, 1.82) is 0 Å². The molecule has 134 valence electrons. The van der Waals surface area contributed by atoms with E-state index >= 15 is 0 Å². The third kappa shape index (κ3) is 8.96. The summed E-state index contributed by atoms with van der Waals surface area (Å²) in [6, 6.07) is 0.505. The number of aliphatic imine (C=N–C) groups is 1. The molecule has 1 aliphatic heterocycles. The maximum atomic E-state index is 5.49. The molecule has 1 heterocycles. The largest absolute Gasteiger partial charge is 0.379 e. The minimum Gasteiger partial charge on any atom is -0.379 e. The molecular formula is C18H36N4O. The van der Waals surface area contributed by atoms with Crippen LogP contribution in [0.3, 0.4) is 0 Å². The molecule has 1 unspecified atom stereocenters. The molecule has 0 saturated carbocycles. The normalized spacial score (nSPS) is 18.6. The second-order valence-electron chi connectivity index (χ2n) is 6.44. The Bertz CT molecular complexity index is 349. The van der Waals surface area contributed by atoms with E-state index in [9.17, 15) is 0 Å². The number of guanidine groups is 1. The van der Waals surface area contributed by atoms with Crippen LogP contribution in [0.4, 0.5) is 0 Å². The standard InChI is InChI=1S/C18H36N4O/c1-5-7-8-9-20-18(19-6-2)21-15-17(14-16(3)4)22-10-12-23-13-11-22/h5,7,16-17H,6,8-15H2,1-4H3,(H2,19,20,21)/b7-5+. The first-order valence-electron chi connectivity index (χ1n) is 9.12. The van der Waals surface area contributed by atoms with Crippen LogP contribution in [-0.4, -0.2) is 62.8 Å². The summed E-state index contributed by atoms with van der Waals surface area (Å²) in [4.78, 5) is 7.37. The molecule has 23 heavy (non-hydrogen) atoms. The first kappa shape index (κ1) is 20.0. The second-order valence-corrected chi connectivity index (χ2v) is 6.44. The molecule has 0 aromatic carbocycles. The third-order valence-corrected chi connectivity index (χ3v) is 3.95. The Morgan fingerprint density at radius 1 is 1.26 bits per heavy atom. The summed E-state index contributed by atoms with van der Waals surface area (Å²) in [6.45, 7) is 15.1. The van der Waals surface area contributed by atoms with Gasteiger partial charge in [0, 0.05) is 32.2 Å². The van der Waals surface area contributed by atoms with E-state index in [0.717, 1.165) is 58.3 Å². The van der Waals surface area contributed by atoms with Crippen LogP contribution in [0, 0.1) is 5.92 Å². The Kier molecular flexibility index (Phi) is 10.7. The van der Waals surface area contributed by atoms with Gasteiger partial charge in [-0.15, -0.1) is 0 Å². The minimum absolute atomic E-state index is 0.505. The summed E-state index contributed by atoms with van der Waals surface area (Å²) in [5.41, 5.74) is 0. The molecule has 1 saturated heterocycles. The molecule has 1 atom stereocenters. The molecule has 0 radical (unpaired) electrons. The number of allylic oxidation sites excluding steroid dienone is 1. The molecule has 0 amide bonds. The lowest BCUT2D eigenvalue weighted by molar-refractivity contribution is 0.0143. The average molecular weight is 325 g/mol. The van der Waals surface area contributed by atoms with Gasteiger partial charge in [0.05, 0.1) is 19.8 Å². The zero-order valence-corrected chi connectivity index (χ0v) is 15.5. The van der Waals surface area contributed by atoms with Crippen molar-refractivity contribution < 1.29 is 4.74 Å². The van der Waals surface area contributed by atoms with Crippen LogP contribution in [0.15, 0.2) is 17.1 Å². The van der Waals surface area contributed by atoms with Crippen LogP contribution in [0.1, 0.15) is 40.5 Å². The van der Waals surface area contributed by atoms with Gasteiger partial charge in [0.1, 0.15) is 0 Å². The van der Waals surface area contributed by atoms with Crippen LogP contribution in [0.2, 0.25) is 0 Å². The molecule has 1 aliphatic rings. The minimum atomic E-state index is 0.505. The Morgan fingerprint density at radius 2 is 2.00 bits per heavy atom. The van der Waals surface area contributed by atoms with Gasteiger partial charge in [-0.3, -0.25) is 9.89 Å². The zero-order valence-electron chi connectivity index (χ0n) is 15.5. The fourth-order valence-electron chi connectivity index (χ4n) is 2.80. The SMILES string of the molecule is C/C=C/CCNC(=NCC(CC(C)C)N1CCOCC1)NCC. The van der Waals surface area contributed by atoms with E-state index in [1.807, 2.05) is 0 Å². The predicted octanol–water partition coefficient (Wildman–Crippen LogP) is 2.25. The van der Waals surface area contributed by atoms with E-state index in [0.29, 0.717) is 12.0 Å². The van der Waals surface area contributed by atoms with Crippen LogP contribution in [0.25, 0.3) is 0 Å². The monoisotopic (exact) mass is 324 g/mol. The Labute approximate surface area is 142 Å². The van der Waals surface area contributed by atoms with E-state index in [1.165, 1.54) is 6.42 Å². The number of nitrogens with zero attached hydrogens (tertiary/aromatic N) is 2. The van der Waals surface area contributed by atoms with E-state index in [1.54, 1.807) is 0 Å². The van der Waals surface area contributed by atoms with Gasteiger partial charge in [0.15, 0.2) is 5.96 Å². The summed E-state index contributed by atoms with van der Waals surface area (Å²) in [5, 5.41) is 6.75. The molecule has 1 rings (SSSR count). The number of hydrogen-bond donors (Lipinski definition) is 2. The molecule has 0 spiro atoms. The highest BCUT2D eigenvalue weighted by Gasteiger charge is 2.21. The molecule has 1 fully saturated rings. The van der Waals surface area contributed by atoms with E-state index in [2.05, 4.69) is 55.4 Å². The van der Waals surface area contributed by atoms with Crippen molar-refractivity contribution in [3.63, 3.8) is 0 Å². The number of ether oxygens (including phenoxy) is 1. The van der Waals surface area contributed by atoms with Crippen molar-refractivity contribution in [2.45, 2.75) is 46.6 Å². The van der Waals surface area contributed by atoms with Gasteiger partial charge in [-0.25, -0.2) is 0 Å². The second kappa shape index (κ2) is 12.4. The van der Waals surface area contributed by atoms with Crippen molar-refractivity contribution in [3.8, 4) is 0 Å². The maximum Gasteiger partial charge on any atom is 0.191 e. The highest BCUT2D eigenvalue weighted by molar-refractivity contribution is 5.79. The third-order valence-electron chi connectivity index (χ3n) is 3.95. The lowest BCUT2D eigenvalue weighted by Crippen LogP contribution is -2.46. The fraction of sp³-hybridized carbons (Fsp3) is 0.833. The van der Waals surface area contributed by atoms with Crippen LogP contribution in [0.5, 0.6) is 0 Å². The Hall–Kier alpha value is -1.07. The lowest BCUT2D eigenvalue weighted by Gasteiger charge is -2.34. The van der Waals surface area contributed by atoms with Gasteiger partial charge in [-0.1, -0.05) is 26.0 Å². The summed E-state index contributed by atoms with van der Waals surface area (Å²) in [6.07, 6.45) is 6.47. The lowest BCUT2D eigenvalue weighted by atomic mass is 10.0. The number of hydrogen-bond acceptors (Lipinski definition) is 3. The molecule has 0 aromatic rings. The summed E-state index contributed by atoms with van der Waals surface area (Å²) in [5.74, 6) is 1.61. The average Bonchev–Trinajstić information content (AvgIpc) is 2.55. The van der Waals surface area contributed by atoms with Crippen molar-refractivity contribution in [3.05, 3.63) is 12.2 Å². The maximum absolute atomic E-state index is 5.49. The highest BCUT2D eigenvalue weighted by atomic mass is 16.5. The van der Waals surface area contributed by atoms with Gasteiger partial charge in [-0.2, -0.15) is 0 Å². The van der Waals surface area contributed by atoms with Crippen molar-refractivity contribution in [2.24, 2.45) is 10.9 Å². The van der Waals surface area contributed by atoms with Gasteiger partial charge in [0.2, 0.25) is 0 Å². The zero-order chi connectivity index (χ0) is 16.9. The molecule has 2 N–H and O–H groups in total. The molecule has 5 heteroatoms. The summed E-state index contributed by atoms with van der Waals surface area (Å²) >= 11 is 0. The van der Waals surface area contributed by atoms with Crippen molar-refractivity contribution >= 4 is 5.96 Å². The number of morpholine rings is 1. The number of rotatable bonds is 9. The van der Waals surface area contributed by atoms with Crippen LogP contribution in [-0.2, 0) is 4.74 Å². The summed E-state index contributed by atoms with van der Waals surface area (Å²) in [7, 11) is 0. The molecule has 0 aromatic heterocycles. The first-order valence-corrected chi connectivity index (χ1v) is 9.12. The van der Waals surface area contributed by atoms with Crippen molar-refractivity contribution in [1.82, 2.24) is 15.5 Å². The summed E-state index contributed by atoms with van der Waals surface area (Å²) < 4.78 is 5.49. The van der Waals surface area contributed by atoms with Crippen LogP contribution < -0.4 is 10.6 Å². The van der Waals surface area contributed by atoms with Crippen LogP contribution >= 0.6 is 0 Å². The molecule has 0 aliphatic carbocycles. The van der Waals surface area contributed by atoms with Gasteiger partial charge >= 0.3 is 0 Å². The molecule has 5 nitrogen and oxygen atoms in total. The topological polar surface area (TPSA) is 48.9 Å². The van der Waals surface area contributed by atoms with E-state index in [-0.39, 0.29) is 0 Å². The Morgan fingerprint density at radius 3 is 2.61 bits per heavy atom. The van der Waals surface area contributed by atoms with Crippen molar-refractivity contribution in [2.75, 3.05) is 45.9 Å². The quantitative estimate of drug-likeness (QED) is 0.296. The predicted molar refractivity (Wildman–Crippen MR) is 99.0 cm³/mol. The van der Waals surface area contributed by atoms with E-state index < -0.39 is 0 Å². The first-order chi connectivity index (χ1) is 11.2. The van der Waals surface area contributed by atoms with Gasteiger partial charge in [-0.05, 0) is 32.6 Å². The highest BCUT2D eigenvalue weighted by Crippen LogP contribution is 2.14. The van der Waals surface area contributed by atoms with E-state index in [4.69, 9.17) is 9.73 Å². The molecule has 0 bridgehead atoms. The van der Waals surface area contributed by atoms with Gasteiger partial charge in [0.25, 0.3) is 0 Å². The Balaban J connectivity index is 2.57. The van der Waals surface area contributed by atoms with Gasteiger partial charge < -0.3 is 15.4 Å².